The van der Waals surface area contributed by atoms with Gasteiger partial charge >= 0.3 is 0 Å². The van der Waals surface area contributed by atoms with Gasteiger partial charge in [0.15, 0.2) is 0 Å². The number of benzene rings is 2. The van der Waals surface area contributed by atoms with Crippen LogP contribution in [0.4, 0.5) is 0 Å². The predicted molar refractivity (Wildman–Crippen MR) is 83.2 cm³/mol. The Morgan fingerprint density at radius 2 is 2.11 bits per heavy atom. The molecule has 0 saturated heterocycles. The van der Waals surface area contributed by atoms with Crippen LogP contribution in [0.5, 0.6) is 0 Å². The van der Waals surface area contributed by atoms with E-state index < -0.39 is 0 Å². The van der Waals surface area contributed by atoms with Crippen molar-refractivity contribution >= 4 is 15.9 Å². The summed E-state index contributed by atoms with van der Waals surface area (Å²) in [5.41, 5.74) is 5.69. The Morgan fingerprint density at radius 1 is 1.21 bits per heavy atom. The van der Waals surface area contributed by atoms with Gasteiger partial charge in [-0.25, -0.2) is 0 Å². The lowest BCUT2D eigenvalue weighted by Gasteiger charge is -2.14. The van der Waals surface area contributed by atoms with Crippen LogP contribution in [-0.4, -0.2) is 0 Å². The van der Waals surface area contributed by atoms with Crippen molar-refractivity contribution in [2.75, 3.05) is 0 Å². The lowest BCUT2D eigenvalue weighted by atomic mass is 10.0. The van der Waals surface area contributed by atoms with Gasteiger partial charge in [-0.05, 0) is 48.6 Å². The summed E-state index contributed by atoms with van der Waals surface area (Å²) in [5, 5.41) is 3.69. The monoisotopic (exact) mass is 315 g/mol. The third-order valence-electron chi connectivity index (χ3n) is 3.82. The molecule has 2 heteroatoms. The lowest BCUT2D eigenvalue weighted by Crippen LogP contribution is -2.18. The van der Waals surface area contributed by atoms with E-state index in [1.54, 1.807) is 0 Å². The van der Waals surface area contributed by atoms with Gasteiger partial charge in [0.05, 0.1) is 0 Å². The standard InChI is InChI=1S/C17H18BrN/c1-12-5-6-14-7-8-17(16(14)9-12)19-11-13-3-2-4-15(18)10-13/h2-6,9-10,17,19H,7-8,11H2,1H3. The molecular weight excluding hydrogens is 298 g/mol. The van der Waals surface area contributed by atoms with E-state index >= 15 is 0 Å². The van der Waals surface area contributed by atoms with E-state index in [0.29, 0.717) is 6.04 Å². The first-order chi connectivity index (χ1) is 9.22. The summed E-state index contributed by atoms with van der Waals surface area (Å²) < 4.78 is 1.15. The van der Waals surface area contributed by atoms with Gasteiger partial charge in [-0.3, -0.25) is 0 Å². The molecule has 3 rings (SSSR count). The molecule has 0 spiro atoms. The van der Waals surface area contributed by atoms with Crippen LogP contribution >= 0.6 is 15.9 Å². The molecule has 2 aromatic carbocycles. The minimum absolute atomic E-state index is 0.508. The summed E-state index contributed by atoms with van der Waals surface area (Å²) in [6.45, 7) is 3.10. The van der Waals surface area contributed by atoms with Gasteiger partial charge in [-0.1, -0.05) is 51.8 Å². The maximum atomic E-state index is 3.69. The van der Waals surface area contributed by atoms with Crippen LogP contribution in [0.25, 0.3) is 0 Å². The summed E-state index contributed by atoms with van der Waals surface area (Å²) in [7, 11) is 0. The lowest BCUT2D eigenvalue weighted by molar-refractivity contribution is 0.530. The molecule has 0 bridgehead atoms. The van der Waals surface area contributed by atoms with Gasteiger partial charge in [0.1, 0.15) is 0 Å². The van der Waals surface area contributed by atoms with Crippen molar-refractivity contribution in [3.63, 3.8) is 0 Å². The van der Waals surface area contributed by atoms with Crippen LogP contribution < -0.4 is 5.32 Å². The minimum atomic E-state index is 0.508. The van der Waals surface area contributed by atoms with Crippen LogP contribution in [0.2, 0.25) is 0 Å². The summed E-state index contributed by atoms with van der Waals surface area (Å²) in [6, 6.07) is 15.9. The molecule has 1 atom stereocenters. The zero-order valence-corrected chi connectivity index (χ0v) is 12.7. The second-order valence-corrected chi connectivity index (χ2v) is 6.22. The van der Waals surface area contributed by atoms with Crippen molar-refractivity contribution in [3.8, 4) is 0 Å². The Kier molecular flexibility index (Phi) is 3.72. The third-order valence-corrected chi connectivity index (χ3v) is 4.31. The maximum absolute atomic E-state index is 3.69. The molecule has 0 radical (unpaired) electrons. The van der Waals surface area contributed by atoms with Gasteiger partial charge in [-0.15, -0.1) is 0 Å². The Balaban J connectivity index is 1.71. The Morgan fingerprint density at radius 3 is 2.95 bits per heavy atom. The van der Waals surface area contributed by atoms with Crippen molar-refractivity contribution in [1.29, 1.82) is 0 Å². The molecular formula is C17H18BrN. The summed E-state index contributed by atoms with van der Waals surface area (Å²) in [5.74, 6) is 0. The highest BCUT2D eigenvalue weighted by atomic mass is 79.9. The van der Waals surface area contributed by atoms with E-state index in [-0.39, 0.29) is 0 Å². The second-order valence-electron chi connectivity index (χ2n) is 5.30. The SMILES string of the molecule is Cc1ccc2c(c1)C(NCc1cccc(Br)c1)CC2. The number of rotatable bonds is 3. The highest BCUT2D eigenvalue weighted by Gasteiger charge is 2.21. The van der Waals surface area contributed by atoms with Crippen molar-refractivity contribution in [2.24, 2.45) is 0 Å². The topological polar surface area (TPSA) is 12.0 Å². The average Bonchev–Trinajstić information content (AvgIpc) is 2.79. The first kappa shape index (κ1) is 12.9. The van der Waals surface area contributed by atoms with E-state index in [4.69, 9.17) is 0 Å². The first-order valence-electron chi connectivity index (χ1n) is 6.79. The summed E-state index contributed by atoms with van der Waals surface area (Å²) in [6.07, 6.45) is 2.42. The largest absolute Gasteiger partial charge is 0.306 e. The van der Waals surface area contributed by atoms with E-state index in [1.807, 2.05) is 0 Å². The number of hydrogen-bond acceptors (Lipinski definition) is 1. The fourth-order valence-electron chi connectivity index (χ4n) is 2.82. The van der Waals surface area contributed by atoms with Crippen LogP contribution in [-0.2, 0) is 13.0 Å². The van der Waals surface area contributed by atoms with Crippen LogP contribution in [0.3, 0.4) is 0 Å². The molecule has 0 aliphatic heterocycles. The smallest absolute Gasteiger partial charge is 0.0329 e. The highest BCUT2D eigenvalue weighted by molar-refractivity contribution is 9.10. The second kappa shape index (κ2) is 5.48. The van der Waals surface area contributed by atoms with Gasteiger partial charge < -0.3 is 5.32 Å². The molecule has 0 fully saturated rings. The molecule has 1 N–H and O–H groups in total. The quantitative estimate of drug-likeness (QED) is 0.877. The fourth-order valence-corrected chi connectivity index (χ4v) is 3.27. The molecule has 1 aliphatic rings. The first-order valence-corrected chi connectivity index (χ1v) is 7.59. The van der Waals surface area contributed by atoms with Gasteiger partial charge in [0, 0.05) is 17.1 Å². The van der Waals surface area contributed by atoms with E-state index in [0.717, 1.165) is 11.0 Å². The molecule has 98 valence electrons. The fraction of sp³-hybridized carbons (Fsp3) is 0.294. The predicted octanol–water partition coefficient (Wildman–Crippen LogP) is 4.53. The molecule has 19 heavy (non-hydrogen) atoms. The van der Waals surface area contributed by atoms with Crippen LogP contribution in [0, 0.1) is 6.92 Å². The molecule has 1 nitrogen and oxygen atoms in total. The summed E-state index contributed by atoms with van der Waals surface area (Å²) in [4.78, 5) is 0. The van der Waals surface area contributed by atoms with Crippen molar-refractivity contribution in [3.05, 3.63) is 69.2 Å². The van der Waals surface area contributed by atoms with E-state index in [2.05, 4.69) is 70.6 Å². The number of hydrogen-bond donors (Lipinski definition) is 1. The number of fused-ring (bicyclic) bond motifs is 1. The van der Waals surface area contributed by atoms with Crippen molar-refractivity contribution < 1.29 is 0 Å². The molecule has 1 unspecified atom stereocenters. The number of nitrogens with one attached hydrogen (secondary N) is 1. The Hall–Kier alpha value is -1.12. The van der Waals surface area contributed by atoms with E-state index in [9.17, 15) is 0 Å². The summed E-state index contributed by atoms with van der Waals surface area (Å²) >= 11 is 3.52. The third kappa shape index (κ3) is 2.90. The Bertz CT molecular complexity index is 592. The van der Waals surface area contributed by atoms with Crippen LogP contribution in [0.15, 0.2) is 46.9 Å². The molecule has 0 aromatic heterocycles. The van der Waals surface area contributed by atoms with Crippen LogP contribution in [0.1, 0.15) is 34.7 Å². The number of aryl methyl sites for hydroxylation is 2. The van der Waals surface area contributed by atoms with Gasteiger partial charge in [-0.2, -0.15) is 0 Å². The normalized spacial score (nSPS) is 17.5. The molecule has 0 amide bonds. The molecule has 0 saturated carbocycles. The Labute approximate surface area is 123 Å². The van der Waals surface area contributed by atoms with E-state index in [1.165, 1.54) is 35.1 Å². The molecule has 2 aromatic rings. The number of halogens is 1. The zero-order valence-electron chi connectivity index (χ0n) is 11.1. The zero-order chi connectivity index (χ0) is 13.2. The van der Waals surface area contributed by atoms with Gasteiger partial charge in [0.25, 0.3) is 0 Å². The van der Waals surface area contributed by atoms with Crippen molar-refractivity contribution in [1.82, 2.24) is 5.32 Å². The maximum Gasteiger partial charge on any atom is 0.0329 e. The average molecular weight is 316 g/mol. The highest BCUT2D eigenvalue weighted by Crippen LogP contribution is 2.32. The molecule has 0 heterocycles. The van der Waals surface area contributed by atoms with Gasteiger partial charge in [0.2, 0.25) is 0 Å². The minimum Gasteiger partial charge on any atom is -0.306 e. The van der Waals surface area contributed by atoms with Crippen molar-refractivity contribution in [2.45, 2.75) is 32.4 Å². The molecule has 1 aliphatic carbocycles.